The molecule has 3 aliphatic rings. The summed E-state index contributed by atoms with van der Waals surface area (Å²) in [6.45, 7) is 5.16. The molecule has 1 aromatic carbocycles. The van der Waals surface area contributed by atoms with E-state index in [1.54, 1.807) is 18.6 Å². The van der Waals surface area contributed by atoms with Crippen molar-refractivity contribution < 1.29 is 22.5 Å². The first-order valence-electron chi connectivity index (χ1n) is 13.2. The van der Waals surface area contributed by atoms with E-state index in [0.717, 1.165) is 42.1 Å². The molecule has 0 N–H and O–H groups in total. The fourth-order valence-corrected chi connectivity index (χ4v) is 5.91. The SMILES string of the molecule is C[C@@H]1CCCN(Cc2cc(C(F)(F)F)c3cn(-c4cccc(C5(C[C]6N=NC=[N+]6C)COC5)c4)c(=O)n3c2)C1. The third-order valence-electron chi connectivity index (χ3n) is 8.07. The van der Waals surface area contributed by atoms with E-state index in [4.69, 9.17) is 4.74 Å². The topological polar surface area (TPSA) is 66.6 Å². The van der Waals surface area contributed by atoms with Gasteiger partial charge < -0.3 is 4.74 Å². The van der Waals surface area contributed by atoms with Gasteiger partial charge in [-0.15, -0.1) is 0 Å². The molecular weight excluding hydrogens is 509 g/mol. The second-order valence-corrected chi connectivity index (χ2v) is 11.1. The number of hydrogen-bond acceptors (Lipinski definition) is 5. The first-order valence-corrected chi connectivity index (χ1v) is 13.2. The van der Waals surface area contributed by atoms with Gasteiger partial charge in [0.25, 0.3) is 0 Å². The number of piperidine rings is 1. The molecule has 11 heteroatoms. The number of azo groups is 1. The number of halogens is 3. The van der Waals surface area contributed by atoms with Crippen LogP contribution >= 0.6 is 0 Å². The van der Waals surface area contributed by atoms with Gasteiger partial charge in [0.05, 0.1) is 42.1 Å². The lowest BCUT2D eigenvalue weighted by atomic mass is 9.75. The van der Waals surface area contributed by atoms with Crippen LogP contribution < -0.4 is 5.69 Å². The number of rotatable bonds is 6. The van der Waals surface area contributed by atoms with Crippen molar-refractivity contribution in [3.8, 4) is 5.69 Å². The van der Waals surface area contributed by atoms with Crippen molar-refractivity contribution in [3.05, 3.63) is 76.1 Å². The summed E-state index contributed by atoms with van der Waals surface area (Å²) in [6, 6.07) is 8.58. The third kappa shape index (κ3) is 4.82. The maximum Gasteiger partial charge on any atom is 0.418 e. The summed E-state index contributed by atoms with van der Waals surface area (Å²) >= 11 is 0. The molecule has 205 valence electrons. The molecule has 6 rings (SSSR count). The molecule has 5 heterocycles. The Morgan fingerprint density at radius 3 is 2.69 bits per heavy atom. The van der Waals surface area contributed by atoms with Gasteiger partial charge in [-0.1, -0.05) is 19.1 Å². The predicted octanol–water partition coefficient (Wildman–Crippen LogP) is 4.62. The van der Waals surface area contributed by atoms with E-state index in [1.165, 1.54) is 16.8 Å². The fraction of sp³-hybridized carbons (Fsp3) is 0.464. The Hall–Kier alpha value is -3.31. The van der Waals surface area contributed by atoms with Gasteiger partial charge in [0.1, 0.15) is 0 Å². The molecule has 0 aliphatic carbocycles. The lowest BCUT2D eigenvalue weighted by Gasteiger charge is -2.42. The zero-order valence-corrected chi connectivity index (χ0v) is 22.0. The smallest absolute Gasteiger partial charge is 0.379 e. The highest BCUT2D eigenvalue weighted by Gasteiger charge is 2.46. The molecule has 3 aromatic rings. The molecule has 2 fully saturated rings. The highest BCUT2D eigenvalue weighted by molar-refractivity contribution is 5.58. The van der Waals surface area contributed by atoms with Crippen LogP contribution in [0.15, 0.2) is 57.7 Å². The zero-order valence-electron chi connectivity index (χ0n) is 22.0. The second kappa shape index (κ2) is 9.71. The molecule has 2 aromatic heterocycles. The predicted molar refractivity (Wildman–Crippen MR) is 139 cm³/mol. The summed E-state index contributed by atoms with van der Waals surface area (Å²) in [4.78, 5) is 15.7. The first kappa shape index (κ1) is 25.9. The number of imidazole rings is 1. The van der Waals surface area contributed by atoms with E-state index in [9.17, 15) is 18.0 Å². The number of alkyl halides is 3. The molecular formula is C28H31F3N6O2+. The zero-order chi connectivity index (χ0) is 27.4. The number of benzene rings is 1. The van der Waals surface area contributed by atoms with Crippen molar-refractivity contribution in [2.45, 2.75) is 44.3 Å². The Kier molecular flexibility index (Phi) is 6.46. The minimum absolute atomic E-state index is 0.158. The maximum atomic E-state index is 14.2. The molecule has 0 bridgehead atoms. The van der Waals surface area contributed by atoms with E-state index in [1.807, 2.05) is 29.8 Å². The highest BCUT2D eigenvalue weighted by atomic mass is 19.4. The Bertz CT molecular complexity index is 1520. The average molecular weight is 541 g/mol. The fourth-order valence-electron chi connectivity index (χ4n) is 5.91. The Morgan fingerprint density at radius 1 is 1.21 bits per heavy atom. The van der Waals surface area contributed by atoms with E-state index in [0.29, 0.717) is 43.3 Å². The molecule has 8 nitrogen and oxygen atoms in total. The maximum absolute atomic E-state index is 14.2. The second-order valence-electron chi connectivity index (χ2n) is 11.1. The number of likely N-dealkylation sites (tertiary alicyclic amines) is 1. The van der Waals surface area contributed by atoms with Crippen LogP contribution in [-0.4, -0.2) is 58.1 Å². The Balaban J connectivity index is 1.38. The molecule has 1 atom stereocenters. The molecule has 2 saturated heterocycles. The molecule has 0 amide bonds. The van der Waals surface area contributed by atoms with Crippen LogP contribution in [0.25, 0.3) is 11.2 Å². The van der Waals surface area contributed by atoms with Crippen LogP contribution in [0, 0.1) is 12.1 Å². The van der Waals surface area contributed by atoms with Crippen molar-refractivity contribution in [3.63, 3.8) is 0 Å². The minimum atomic E-state index is -4.60. The van der Waals surface area contributed by atoms with Gasteiger partial charge in [-0.3, -0.25) is 13.9 Å². The van der Waals surface area contributed by atoms with Gasteiger partial charge in [-0.25, -0.2) is 9.37 Å². The quantitative estimate of drug-likeness (QED) is 0.429. The molecule has 0 unspecified atom stereocenters. The molecule has 3 aliphatic heterocycles. The van der Waals surface area contributed by atoms with Crippen molar-refractivity contribution in [1.82, 2.24) is 13.9 Å². The van der Waals surface area contributed by atoms with Gasteiger partial charge in [-0.05, 0) is 59.7 Å². The number of pyridine rings is 1. The molecule has 0 spiro atoms. The normalized spacial score (nSPS) is 21.9. The third-order valence-corrected chi connectivity index (χ3v) is 8.07. The summed E-state index contributed by atoms with van der Waals surface area (Å²) in [6.07, 6.45) is 3.44. The van der Waals surface area contributed by atoms with Crippen LogP contribution in [0.5, 0.6) is 0 Å². The van der Waals surface area contributed by atoms with Crippen LogP contribution in [0.2, 0.25) is 0 Å². The number of hydrogen-bond donors (Lipinski definition) is 0. The molecule has 0 saturated carbocycles. The van der Waals surface area contributed by atoms with Crippen LogP contribution in [-0.2, 0) is 22.9 Å². The highest BCUT2D eigenvalue weighted by Crippen LogP contribution is 2.41. The van der Waals surface area contributed by atoms with Crippen LogP contribution in [0.4, 0.5) is 13.2 Å². The van der Waals surface area contributed by atoms with E-state index in [-0.39, 0.29) is 10.9 Å². The number of ether oxygens (including phenoxy) is 1. The van der Waals surface area contributed by atoms with Crippen molar-refractivity contribution in [1.29, 1.82) is 0 Å². The van der Waals surface area contributed by atoms with E-state index >= 15 is 0 Å². The van der Waals surface area contributed by atoms with E-state index < -0.39 is 17.4 Å². The summed E-state index contributed by atoms with van der Waals surface area (Å²) in [5.41, 5.74) is 0.0746. The summed E-state index contributed by atoms with van der Waals surface area (Å²) in [5.74, 6) is 0.499. The summed E-state index contributed by atoms with van der Waals surface area (Å²) < 4.78 is 52.5. The first-order chi connectivity index (χ1) is 18.6. The van der Waals surface area contributed by atoms with Gasteiger partial charge >= 0.3 is 24.4 Å². The van der Waals surface area contributed by atoms with Crippen LogP contribution in [0.1, 0.15) is 42.9 Å². The van der Waals surface area contributed by atoms with Gasteiger partial charge in [0.15, 0.2) is 0 Å². The van der Waals surface area contributed by atoms with Gasteiger partial charge in [0, 0.05) is 37.3 Å². The lowest BCUT2D eigenvalue weighted by Crippen LogP contribution is -2.48. The van der Waals surface area contributed by atoms with Crippen molar-refractivity contribution in [2.75, 3.05) is 33.4 Å². The number of fused-ring (bicyclic) bond motifs is 1. The lowest BCUT2D eigenvalue weighted by molar-refractivity contribution is -0.478. The Morgan fingerprint density at radius 2 is 2.03 bits per heavy atom. The van der Waals surface area contributed by atoms with Crippen molar-refractivity contribution in [2.24, 2.45) is 16.1 Å². The van der Waals surface area contributed by atoms with E-state index in [2.05, 4.69) is 22.1 Å². The summed E-state index contributed by atoms with van der Waals surface area (Å²) in [5, 5.41) is 8.17. The number of nitrogens with zero attached hydrogens (tertiary/aromatic N) is 6. The standard InChI is InChI=1S/C28H31F3N6O2/c1-19-5-4-8-35(12-19)13-20-9-23(28(29,30)31)24-15-36(26(38)37(24)14-20)22-7-3-6-21(10-22)27(16-39-17-27)11-25-33-32-18-34(25)2/h3,6-7,9-10,14-15,18-19H,4-5,8,11-13,16-17H2,1-2H3/q+1/t19-/m1/s1. The molecule has 1 radical (unpaired) electrons. The Labute approximate surface area is 224 Å². The average Bonchev–Trinajstić information content (AvgIpc) is 3.43. The molecule has 39 heavy (non-hydrogen) atoms. The monoisotopic (exact) mass is 540 g/mol. The largest absolute Gasteiger partial charge is 0.418 e. The van der Waals surface area contributed by atoms with Gasteiger partial charge in [0.2, 0.25) is 0 Å². The van der Waals surface area contributed by atoms with Crippen LogP contribution in [0.3, 0.4) is 0 Å². The van der Waals surface area contributed by atoms with Crippen molar-refractivity contribution >= 4 is 11.9 Å². The van der Waals surface area contributed by atoms with Gasteiger partial charge in [-0.2, -0.15) is 13.2 Å². The minimum Gasteiger partial charge on any atom is -0.379 e. The number of aromatic nitrogens is 2. The summed E-state index contributed by atoms with van der Waals surface area (Å²) in [7, 11) is 1.88.